The maximum absolute atomic E-state index is 13.5. The van der Waals surface area contributed by atoms with Gasteiger partial charge < -0.3 is 20.1 Å². The predicted octanol–water partition coefficient (Wildman–Crippen LogP) is 5.04. The molecule has 0 saturated carbocycles. The molecule has 0 aliphatic heterocycles. The van der Waals surface area contributed by atoms with Gasteiger partial charge >= 0.3 is 12.1 Å². The maximum Gasteiger partial charge on any atom is 0.407 e. The molecule has 0 saturated heterocycles. The first-order valence-corrected chi connectivity index (χ1v) is 12.4. The SMILES string of the molecule is CCN(C(=O)C(CC)(CC)CNC(=O)OCC1c2ccccc2-c2ccccc21)C(C)CC(=O)O. The molecule has 7 nitrogen and oxygen atoms in total. The molecule has 0 fully saturated rings. The van der Waals surface area contributed by atoms with Crippen LogP contribution in [0.1, 0.15) is 64.0 Å². The molecule has 2 N–H and O–H groups in total. The lowest BCUT2D eigenvalue weighted by Gasteiger charge is -2.38. The lowest BCUT2D eigenvalue weighted by molar-refractivity contribution is -0.146. The molecule has 1 atom stereocenters. The van der Waals surface area contributed by atoms with E-state index in [0.717, 1.165) is 22.3 Å². The molecule has 1 aliphatic rings. The molecule has 2 aromatic carbocycles. The number of hydrogen-bond acceptors (Lipinski definition) is 4. The zero-order valence-electron chi connectivity index (χ0n) is 21.0. The largest absolute Gasteiger partial charge is 0.481 e. The molecule has 0 spiro atoms. The average molecular weight is 481 g/mol. The highest BCUT2D eigenvalue weighted by atomic mass is 16.5. The second kappa shape index (κ2) is 11.4. The number of nitrogens with zero attached hydrogens (tertiary/aromatic N) is 1. The number of hydrogen-bond donors (Lipinski definition) is 2. The first-order chi connectivity index (χ1) is 16.8. The molecule has 1 unspecified atom stereocenters. The topological polar surface area (TPSA) is 95.9 Å². The van der Waals surface area contributed by atoms with Crippen LogP contribution in [-0.2, 0) is 14.3 Å². The van der Waals surface area contributed by atoms with Crippen LogP contribution in [0.2, 0.25) is 0 Å². The van der Waals surface area contributed by atoms with Crippen molar-refractivity contribution >= 4 is 18.0 Å². The van der Waals surface area contributed by atoms with Gasteiger partial charge in [0.2, 0.25) is 5.91 Å². The van der Waals surface area contributed by atoms with Crippen LogP contribution in [0.4, 0.5) is 4.79 Å². The quantitative estimate of drug-likeness (QED) is 0.470. The van der Waals surface area contributed by atoms with Gasteiger partial charge in [-0.25, -0.2) is 4.79 Å². The van der Waals surface area contributed by atoms with Gasteiger partial charge in [0.25, 0.3) is 0 Å². The highest BCUT2D eigenvalue weighted by Gasteiger charge is 2.40. The van der Waals surface area contributed by atoms with Crippen molar-refractivity contribution in [1.82, 2.24) is 10.2 Å². The highest BCUT2D eigenvalue weighted by molar-refractivity contribution is 5.84. The van der Waals surface area contributed by atoms with E-state index in [2.05, 4.69) is 29.6 Å². The number of benzene rings is 2. The Bertz CT molecular complexity index is 1020. The normalized spacial score (nSPS) is 13.5. The maximum atomic E-state index is 13.5. The fourth-order valence-electron chi connectivity index (χ4n) is 5.09. The third-order valence-corrected chi connectivity index (χ3v) is 7.33. The second-order valence-corrected chi connectivity index (χ2v) is 9.20. The second-order valence-electron chi connectivity index (χ2n) is 9.20. The Kier molecular flexibility index (Phi) is 8.54. The van der Waals surface area contributed by atoms with E-state index < -0.39 is 23.5 Å². The lowest BCUT2D eigenvalue weighted by atomic mass is 9.80. The molecule has 3 rings (SSSR count). The van der Waals surface area contributed by atoms with Crippen molar-refractivity contribution in [3.8, 4) is 11.1 Å². The fraction of sp³-hybridized carbons (Fsp3) is 0.464. The molecular weight excluding hydrogens is 444 g/mol. The summed E-state index contributed by atoms with van der Waals surface area (Å²) in [5.41, 5.74) is 3.77. The third kappa shape index (κ3) is 5.50. The number of aliphatic carboxylic acids is 1. The minimum absolute atomic E-state index is 0.0376. The summed E-state index contributed by atoms with van der Waals surface area (Å²) < 4.78 is 5.64. The Morgan fingerprint density at radius 1 is 1.00 bits per heavy atom. The standard InChI is InChI=1S/C28H36N2O5/c1-5-28(6-2,26(33)30(7-3)19(4)16-25(31)32)18-29-27(34)35-17-24-22-14-10-8-12-20(22)21-13-9-11-15-23(21)24/h8-15,19,24H,5-7,16-18H2,1-4H3,(H,29,34)(H,31,32). The zero-order chi connectivity index (χ0) is 25.6. The van der Waals surface area contributed by atoms with Gasteiger partial charge in [-0.2, -0.15) is 0 Å². The predicted molar refractivity (Wildman–Crippen MR) is 135 cm³/mol. The third-order valence-electron chi connectivity index (χ3n) is 7.33. The van der Waals surface area contributed by atoms with Crippen LogP contribution in [0.15, 0.2) is 48.5 Å². The molecular formula is C28H36N2O5. The van der Waals surface area contributed by atoms with Crippen molar-refractivity contribution < 1.29 is 24.2 Å². The van der Waals surface area contributed by atoms with Crippen LogP contribution in [0.3, 0.4) is 0 Å². The van der Waals surface area contributed by atoms with E-state index in [9.17, 15) is 14.4 Å². The van der Waals surface area contributed by atoms with E-state index in [4.69, 9.17) is 9.84 Å². The van der Waals surface area contributed by atoms with Crippen molar-refractivity contribution in [2.24, 2.45) is 5.41 Å². The van der Waals surface area contributed by atoms with E-state index in [0.29, 0.717) is 19.4 Å². The first-order valence-electron chi connectivity index (χ1n) is 12.4. The van der Waals surface area contributed by atoms with Gasteiger partial charge in [0.15, 0.2) is 0 Å². The average Bonchev–Trinajstić information content (AvgIpc) is 3.17. The van der Waals surface area contributed by atoms with E-state index in [1.54, 1.807) is 11.8 Å². The molecule has 2 amide bonds. The van der Waals surface area contributed by atoms with Gasteiger partial charge in [-0.1, -0.05) is 62.4 Å². The summed E-state index contributed by atoms with van der Waals surface area (Å²) in [5, 5.41) is 12.0. The zero-order valence-corrected chi connectivity index (χ0v) is 21.0. The van der Waals surface area contributed by atoms with Crippen molar-refractivity contribution in [1.29, 1.82) is 0 Å². The highest BCUT2D eigenvalue weighted by Crippen LogP contribution is 2.44. The monoisotopic (exact) mass is 480 g/mol. The van der Waals surface area contributed by atoms with E-state index >= 15 is 0 Å². The smallest absolute Gasteiger partial charge is 0.407 e. The Morgan fingerprint density at radius 3 is 2.03 bits per heavy atom. The number of alkyl carbamates (subject to hydrolysis) is 1. The summed E-state index contributed by atoms with van der Waals surface area (Å²) in [4.78, 5) is 39.0. The Labute approximate surface area is 207 Å². The van der Waals surface area contributed by atoms with Gasteiger partial charge in [-0.05, 0) is 48.9 Å². The van der Waals surface area contributed by atoms with Crippen LogP contribution in [0, 0.1) is 5.41 Å². The molecule has 1 aliphatic carbocycles. The summed E-state index contributed by atoms with van der Waals surface area (Å²) >= 11 is 0. The van der Waals surface area contributed by atoms with E-state index in [1.165, 1.54) is 0 Å². The molecule has 35 heavy (non-hydrogen) atoms. The van der Waals surface area contributed by atoms with Gasteiger partial charge in [0, 0.05) is 25.0 Å². The first kappa shape index (κ1) is 26.3. The molecule has 0 radical (unpaired) electrons. The number of carboxylic acid groups (broad SMARTS) is 1. The van der Waals surface area contributed by atoms with Crippen LogP contribution >= 0.6 is 0 Å². The van der Waals surface area contributed by atoms with Gasteiger partial charge in [-0.15, -0.1) is 0 Å². The Hall–Kier alpha value is -3.35. The van der Waals surface area contributed by atoms with Crippen LogP contribution < -0.4 is 5.32 Å². The van der Waals surface area contributed by atoms with Gasteiger partial charge in [0.1, 0.15) is 6.61 Å². The lowest BCUT2D eigenvalue weighted by Crippen LogP contribution is -2.52. The number of carbonyl (C=O) groups excluding carboxylic acids is 2. The summed E-state index contributed by atoms with van der Waals surface area (Å²) in [7, 11) is 0. The van der Waals surface area contributed by atoms with Gasteiger partial charge in [-0.3, -0.25) is 9.59 Å². The summed E-state index contributed by atoms with van der Waals surface area (Å²) in [6, 6.07) is 15.9. The minimum Gasteiger partial charge on any atom is -0.481 e. The summed E-state index contributed by atoms with van der Waals surface area (Å²) in [5.74, 6) is -1.12. The number of nitrogens with one attached hydrogen (secondary N) is 1. The van der Waals surface area contributed by atoms with E-state index in [-0.39, 0.29) is 31.4 Å². The molecule has 7 heteroatoms. The molecule has 0 bridgehead atoms. The number of carboxylic acids is 1. The van der Waals surface area contributed by atoms with Crippen LogP contribution in [0.25, 0.3) is 11.1 Å². The van der Waals surface area contributed by atoms with Crippen LogP contribution in [-0.4, -0.2) is 53.7 Å². The summed E-state index contributed by atoms with van der Waals surface area (Å²) in [6.45, 7) is 8.14. The molecule has 0 aromatic heterocycles. The van der Waals surface area contributed by atoms with Crippen molar-refractivity contribution in [2.75, 3.05) is 19.7 Å². The van der Waals surface area contributed by atoms with Crippen molar-refractivity contribution in [3.63, 3.8) is 0 Å². The Balaban J connectivity index is 1.66. The molecule has 188 valence electrons. The van der Waals surface area contributed by atoms with Crippen LogP contribution in [0.5, 0.6) is 0 Å². The number of amides is 2. The number of fused-ring (bicyclic) bond motifs is 3. The number of rotatable bonds is 11. The molecule has 2 aromatic rings. The number of carbonyl (C=O) groups is 3. The Morgan fingerprint density at radius 2 is 1.54 bits per heavy atom. The molecule has 0 heterocycles. The van der Waals surface area contributed by atoms with Crippen molar-refractivity contribution in [2.45, 2.75) is 58.9 Å². The summed E-state index contributed by atoms with van der Waals surface area (Å²) in [6.07, 6.45) is 0.348. The number of ether oxygens (including phenoxy) is 1. The minimum atomic E-state index is -0.945. The van der Waals surface area contributed by atoms with Gasteiger partial charge in [0.05, 0.1) is 11.8 Å². The fourth-order valence-corrected chi connectivity index (χ4v) is 5.09. The van der Waals surface area contributed by atoms with E-state index in [1.807, 2.05) is 45.0 Å². The van der Waals surface area contributed by atoms with Crippen molar-refractivity contribution in [3.05, 3.63) is 59.7 Å².